The van der Waals surface area contributed by atoms with Gasteiger partial charge in [0.15, 0.2) is 5.84 Å². The predicted octanol–water partition coefficient (Wildman–Crippen LogP) is 1.98. The molecule has 1 amide bonds. The van der Waals surface area contributed by atoms with Crippen molar-refractivity contribution >= 4 is 23.3 Å². The Bertz CT molecular complexity index is 459. The standard InChI is InChI=1S/C12H16ClN3O2/c1-3-12(2,11(14)16-18)15-10(17)8-4-6-9(13)7-5-8/h4-7,18H,3H2,1-2H3,(H2,14,16)(H,15,17). The van der Waals surface area contributed by atoms with Crippen molar-refractivity contribution in [3.05, 3.63) is 34.9 Å². The Kier molecular flexibility index (Phi) is 4.55. The van der Waals surface area contributed by atoms with Gasteiger partial charge in [0, 0.05) is 10.6 Å². The van der Waals surface area contributed by atoms with Crippen LogP contribution in [0, 0.1) is 0 Å². The number of benzene rings is 1. The Hall–Kier alpha value is -1.75. The molecule has 4 N–H and O–H groups in total. The van der Waals surface area contributed by atoms with Crippen LogP contribution in [0.5, 0.6) is 0 Å². The molecule has 1 aromatic rings. The van der Waals surface area contributed by atoms with E-state index in [1.165, 1.54) is 0 Å². The van der Waals surface area contributed by atoms with Crippen LogP contribution in [0.3, 0.4) is 0 Å². The van der Waals surface area contributed by atoms with E-state index in [9.17, 15) is 4.79 Å². The normalized spacial score (nSPS) is 14.9. The van der Waals surface area contributed by atoms with Gasteiger partial charge in [-0.15, -0.1) is 0 Å². The van der Waals surface area contributed by atoms with Crippen molar-refractivity contribution < 1.29 is 10.0 Å². The van der Waals surface area contributed by atoms with E-state index in [0.29, 0.717) is 17.0 Å². The van der Waals surface area contributed by atoms with Crippen LogP contribution in [0.4, 0.5) is 0 Å². The van der Waals surface area contributed by atoms with E-state index < -0.39 is 5.54 Å². The molecule has 0 aliphatic heterocycles. The molecule has 0 aromatic heterocycles. The zero-order valence-electron chi connectivity index (χ0n) is 10.3. The van der Waals surface area contributed by atoms with Gasteiger partial charge in [-0.1, -0.05) is 23.7 Å². The zero-order chi connectivity index (χ0) is 13.8. The third-order valence-corrected chi connectivity index (χ3v) is 3.13. The maximum absolute atomic E-state index is 12.0. The summed E-state index contributed by atoms with van der Waals surface area (Å²) in [6.07, 6.45) is 0.502. The molecule has 0 aliphatic rings. The summed E-state index contributed by atoms with van der Waals surface area (Å²) in [7, 11) is 0. The number of amidine groups is 1. The number of halogens is 1. The quantitative estimate of drug-likeness (QED) is 0.338. The summed E-state index contributed by atoms with van der Waals surface area (Å²) in [5.74, 6) is -0.338. The van der Waals surface area contributed by atoms with Crippen molar-refractivity contribution in [1.82, 2.24) is 5.32 Å². The lowest BCUT2D eigenvalue weighted by Gasteiger charge is -2.28. The Morgan fingerprint density at radius 2 is 2.06 bits per heavy atom. The van der Waals surface area contributed by atoms with Gasteiger partial charge in [0.2, 0.25) is 0 Å². The summed E-state index contributed by atoms with van der Waals surface area (Å²) in [6, 6.07) is 6.48. The Morgan fingerprint density at radius 1 is 1.50 bits per heavy atom. The number of amides is 1. The summed E-state index contributed by atoms with van der Waals surface area (Å²) in [4.78, 5) is 12.0. The van der Waals surface area contributed by atoms with Crippen molar-refractivity contribution in [1.29, 1.82) is 0 Å². The third-order valence-electron chi connectivity index (χ3n) is 2.88. The number of nitrogens with zero attached hydrogens (tertiary/aromatic N) is 1. The average molecular weight is 270 g/mol. The number of nitrogens with two attached hydrogens (primary N) is 1. The van der Waals surface area contributed by atoms with Gasteiger partial charge in [0.1, 0.15) is 0 Å². The summed E-state index contributed by atoms with van der Waals surface area (Å²) in [6.45, 7) is 3.52. The minimum atomic E-state index is -0.883. The second-order valence-electron chi connectivity index (χ2n) is 4.13. The van der Waals surface area contributed by atoms with Gasteiger partial charge in [-0.2, -0.15) is 0 Å². The van der Waals surface area contributed by atoms with Crippen LogP contribution in [0.15, 0.2) is 29.4 Å². The van der Waals surface area contributed by atoms with Crippen LogP contribution < -0.4 is 11.1 Å². The number of hydrogen-bond donors (Lipinski definition) is 3. The molecule has 1 aromatic carbocycles. The molecule has 98 valence electrons. The summed E-state index contributed by atoms with van der Waals surface area (Å²) in [5.41, 5.74) is 5.16. The van der Waals surface area contributed by atoms with E-state index in [4.69, 9.17) is 22.5 Å². The fraction of sp³-hybridized carbons (Fsp3) is 0.333. The van der Waals surface area contributed by atoms with E-state index in [1.54, 1.807) is 31.2 Å². The lowest BCUT2D eigenvalue weighted by molar-refractivity contribution is 0.0925. The van der Waals surface area contributed by atoms with E-state index in [2.05, 4.69) is 10.5 Å². The van der Waals surface area contributed by atoms with Crippen molar-refractivity contribution in [2.45, 2.75) is 25.8 Å². The van der Waals surface area contributed by atoms with Crippen LogP contribution in [0.25, 0.3) is 0 Å². The van der Waals surface area contributed by atoms with E-state index in [0.717, 1.165) is 0 Å². The van der Waals surface area contributed by atoms with Crippen LogP contribution >= 0.6 is 11.6 Å². The largest absolute Gasteiger partial charge is 0.409 e. The highest BCUT2D eigenvalue weighted by molar-refractivity contribution is 6.30. The number of rotatable bonds is 4. The fourth-order valence-corrected chi connectivity index (χ4v) is 1.49. The molecule has 0 radical (unpaired) electrons. The van der Waals surface area contributed by atoms with Gasteiger partial charge in [-0.05, 0) is 37.6 Å². The van der Waals surface area contributed by atoms with Crippen molar-refractivity contribution in [3.63, 3.8) is 0 Å². The first-order chi connectivity index (χ1) is 8.42. The first-order valence-corrected chi connectivity index (χ1v) is 5.87. The molecular formula is C12H16ClN3O2. The van der Waals surface area contributed by atoms with Gasteiger partial charge in [0.05, 0.1) is 5.54 Å². The minimum Gasteiger partial charge on any atom is -0.409 e. The molecule has 0 bridgehead atoms. The van der Waals surface area contributed by atoms with Gasteiger partial charge >= 0.3 is 0 Å². The number of carbonyl (C=O) groups is 1. The molecule has 1 rings (SSSR count). The van der Waals surface area contributed by atoms with Gasteiger partial charge in [-0.25, -0.2) is 0 Å². The highest BCUT2D eigenvalue weighted by Crippen LogP contribution is 2.13. The average Bonchev–Trinajstić information content (AvgIpc) is 2.38. The molecule has 0 fully saturated rings. The number of carbonyl (C=O) groups excluding carboxylic acids is 1. The second kappa shape index (κ2) is 5.73. The number of oxime groups is 1. The Balaban J connectivity index is 2.89. The predicted molar refractivity (Wildman–Crippen MR) is 71.0 cm³/mol. The van der Waals surface area contributed by atoms with E-state index in [1.807, 2.05) is 6.92 Å². The molecule has 1 atom stereocenters. The number of nitrogens with one attached hydrogen (secondary N) is 1. The molecule has 0 spiro atoms. The third kappa shape index (κ3) is 3.13. The van der Waals surface area contributed by atoms with Crippen LogP contribution in [-0.4, -0.2) is 22.5 Å². The lowest BCUT2D eigenvalue weighted by atomic mass is 9.97. The van der Waals surface area contributed by atoms with Crippen LogP contribution in [0.2, 0.25) is 5.02 Å². The number of hydrogen-bond acceptors (Lipinski definition) is 3. The monoisotopic (exact) mass is 269 g/mol. The second-order valence-corrected chi connectivity index (χ2v) is 4.57. The Labute approximate surface area is 111 Å². The molecule has 0 heterocycles. The first kappa shape index (κ1) is 14.3. The molecule has 1 unspecified atom stereocenters. The molecular weight excluding hydrogens is 254 g/mol. The van der Waals surface area contributed by atoms with E-state index in [-0.39, 0.29) is 11.7 Å². The minimum absolute atomic E-state index is 0.0349. The highest BCUT2D eigenvalue weighted by Gasteiger charge is 2.29. The molecule has 5 nitrogen and oxygen atoms in total. The highest BCUT2D eigenvalue weighted by atomic mass is 35.5. The maximum atomic E-state index is 12.0. The van der Waals surface area contributed by atoms with Crippen LogP contribution in [0.1, 0.15) is 30.6 Å². The SMILES string of the molecule is CCC(C)(NC(=O)c1ccc(Cl)cc1)/C(N)=N/O. The maximum Gasteiger partial charge on any atom is 0.252 e. The van der Waals surface area contributed by atoms with Crippen molar-refractivity contribution in [2.24, 2.45) is 10.9 Å². The topological polar surface area (TPSA) is 87.7 Å². The van der Waals surface area contributed by atoms with Crippen LogP contribution in [-0.2, 0) is 0 Å². The summed E-state index contributed by atoms with van der Waals surface area (Å²) >= 11 is 5.75. The smallest absolute Gasteiger partial charge is 0.252 e. The molecule has 18 heavy (non-hydrogen) atoms. The molecule has 0 saturated heterocycles. The van der Waals surface area contributed by atoms with Crippen molar-refractivity contribution in [3.8, 4) is 0 Å². The van der Waals surface area contributed by atoms with Gasteiger partial charge < -0.3 is 16.3 Å². The molecule has 0 saturated carbocycles. The van der Waals surface area contributed by atoms with E-state index >= 15 is 0 Å². The van der Waals surface area contributed by atoms with Gasteiger partial charge in [0.25, 0.3) is 5.91 Å². The first-order valence-electron chi connectivity index (χ1n) is 5.49. The summed E-state index contributed by atoms with van der Waals surface area (Å²) in [5, 5.41) is 15.0. The zero-order valence-corrected chi connectivity index (χ0v) is 11.0. The fourth-order valence-electron chi connectivity index (χ4n) is 1.37. The van der Waals surface area contributed by atoms with Gasteiger partial charge in [-0.3, -0.25) is 4.79 Å². The lowest BCUT2D eigenvalue weighted by Crippen LogP contribution is -2.55. The van der Waals surface area contributed by atoms with Crippen molar-refractivity contribution in [2.75, 3.05) is 0 Å². The summed E-state index contributed by atoms with van der Waals surface area (Å²) < 4.78 is 0. The molecule has 0 aliphatic carbocycles. The molecule has 6 heteroatoms. The Morgan fingerprint density at radius 3 is 2.50 bits per heavy atom.